The van der Waals surface area contributed by atoms with Gasteiger partial charge in [0.1, 0.15) is 5.75 Å². The number of aromatic hydroxyl groups is 2. The Morgan fingerprint density at radius 1 is 0.738 bits per heavy atom. The maximum atomic E-state index is 13.0. The largest absolute Gasteiger partial charge is 0.494 e. The van der Waals surface area contributed by atoms with E-state index in [1.165, 1.54) is 22.4 Å². The zero-order chi connectivity index (χ0) is 44.1. The predicted molar refractivity (Wildman–Crippen MR) is 251 cm³/mol. The van der Waals surface area contributed by atoms with Crippen LogP contribution in [0, 0.1) is 0 Å². The second kappa shape index (κ2) is 29.0. The molecule has 1 heterocycles. The Bertz CT molecular complexity index is 1960. The zero-order valence-corrected chi connectivity index (χ0v) is 37.4. The maximum absolute atomic E-state index is 13.0. The van der Waals surface area contributed by atoms with Gasteiger partial charge in [0, 0.05) is 55.0 Å². The molecule has 0 atom stereocenters. The van der Waals surface area contributed by atoms with E-state index in [9.17, 15) is 24.6 Å². The van der Waals surface area contributed by atoms with Crippen LogP contribution in [-0.2, 0) is 22.6 Å². The molecule has 0 aliphatic heterocycles. The van der Waals surface area contributed by atoms with Crippen molar-refractivity contribution in [3.05, 3.63) is 144 Å². The van der Waals surface area contributed by atoms with Gasteiger partial charge >= 0.3 is 0 Å². The van der Waals surface area contributed by atoms with Crippen molar-refractivity contribution in [1.29, 1.82) is 0 Å². The lowest BCUT2D eigenvalue weighted by molar-refractivity contribution is -0.134. The Labute approximate surface area is 371 Å². The molecule has 0 saturated heterocycles. The van der Waals surface area contributed by atoms with E-state index in [2.05, 4.69) is 89.7 Å². The van der Waals surface area contributed by atoms with Crippen molar-refractivity contribution in [3.8, 4) is 17.5 Å². The fourth-order valence-electron chi connectivity index (χ4n) is 5.70. The number of carbonyl (C=O) groups excluding carboxylic acids is 3. The van der Waals surface area contributed by atoms with E-state index in [-0.39, 0.29) is 42.6 Å². The van der Waals surface area contributed by atoms with Gasteiger partial charge in [-0.05, 0) is 107 Å². The van der Waals surface area contributed by atoms with Gasteiger partial charge in [0.15, 0.2) is 11.5 Å². The van der Waals surface area contributed by atoms with Crippen molar-refractivity contribution in [2.24, 2.45) is 0 Å². The molecule has 0 saturated carbocycles. The SMILES string of the molecule is CCC=CCC=CCC=CCC=CCC=CCC=CCCC(=O)NCCn1c(O)cc(SCCNC(=O)C(C)(C)Oc2ccc(CCNC(=O)c3ccc(Cl)cc3)cc2)c1O. The fourth-order valence-corrected chi connectivity index (χ4v) is 6.68. The molecule has 12 heteroatoms. The van der Waals surface area contributed by atoms with Gasteiger partial charge < -0.3 is 30.9 Å². The van der Waals surface area contributed by atoms with Gasteiger partial charge in [-0.15, -0.1) is 11.8 Å². The number of aromatic nitrogens is 1. The first-order valence-electron chi connectivity index (χ1n) is 21.0. The zero-order valence-electron chi connectivity index (χ0n) is 35.8. The van der Waals surface area contributed by atoms with Crippen LogP contribution in [0.5, 0.6) is 17.5 Å². The number of amides is 3. The van der Waals surface area contributed by atoms with Crippen LogP contribution in [0.2, 0.25) is 5.02 Å². The van der Waals surface area contributed by atoms with Crippen LogP contribution in [0.15, 0.2) is 132 Å². The summed E-state index contributed by atoms with van der Waals surface area (Å²) in [6.07, 6.45) is 33.1. The van der Waals surface area contributed by atoms with Crippen LogP contribution in [0.3, 0.4) is 0 Å². The highest BCUT2D eigenvalue weighted by atomic mass is 35.5. The molecule has 0 radical (unpaired) electrons. The summed E-state index contributed by atoms with van der Waals surface area (Å²) < 4.78 is 7.33. The molecule has 0 fully saturated rings. The van der Waals surface area contributed by atoms with Gasteiger partial charge in [-0.25, -0.2) is 0 Å². The van der Waals surface area contributed by atoms with Crippen LogP contribution < -0.4 is 20.7 Å². The summed E-state index contributed by atoms with van der Waals surface area (Å²) in [4.78, 5) is 38.1. The lowest BCUT2D eigenvalue weighted by Crippen LogP contribution is -2.47. The van der Waals surface area contributed by atoms with Crippen LogP contribution in [0.25, 0.3) is 0 Å². The molecule has 3 rings (SSSR count). The number of nitrogens with zero attached hydrogens (tertiary/aromatic N) is 1. The highest BCUT2D eigenvalue weighted by Crippen LogP contribution is 2.35. The number of nitrogens with one attached hydrogen (secondary N) is 3. The molecule has 0 spiro atoms. The van der Waals surface area contributed by atoms with Crippen molar-refractivity contribution in [2.45, 2.75) is 95.6 Å². The lowest BCUT2D eigenvalue weighted by Gasteiger charge is -2.25. The molecule has 1 aromatic heterocycles. The van der Waals surface area contributed by atoms with Gasteiger partial charge in [0.25, 0.3) is 11.8 Å². The molecule has 0 bridgehead atoms. The van der Waals surface area contributed by atoms with E-state index in [0.717, 1.165) is 44.1 Å². The number of halogens is 1. The van der Waals surface area contributed by atoms with Crippen LogP contribution in [0.1, 0.15) is 88.1 Å². The van der Waals surface area contributed by atoms with Crippen LogP contribution in [-0.4, -0.2) is 63.5 Å². The Kier molecular flexibility index (Phi) is 23.7. The average Bonchev–Trinajstić information content (AvgIpc) is 3.51. The minimum Gasteiger partial charge on any atom is -0.494 e. The van der Waals surface area contributed by atoms with E-state index in [4.69, 9.17) is 16.3 Å². The number of benzene rings is 2. The monoisotopic (exact) mass is 870 g/mol. The summed E-state index contributed by atoms with van der Waals surface area (Å²) >= 11 is 7.18. The van der Waals surface area contributed by atoms with E-state index in [1.807, 2.05) is 18.2 Å². The molecule has 2 aromatic carbocycles. The molecule has 328 valence electrons. The summed E-state index contributed by atoms with van der Waals surface area (Å²) in [5.41, 5.74) is 0.394. The third-order valence-corrected chi connectivity index (χ3v) is 10.4. The van der Waals surface area contributed by atoms with E-state index in [1.54, 1.807) is 50.2 Å². The number of rotatable bonds is 28. The Morgan fingerprint density at radius 2 is 1.31 bits per heavy atom. The van der Waals surface area contributed by atoms with E-state index < -0.39 is 5.60 Å². The van der Waals surface area contributed by atoms with Crippen LogP contribution in [0.4, 0.5) is 0 Å². The third-order valence-electron chi connectivity index (χ3n) is 9.10. The number of ether oxygens (including phenoxy) is 1. The van der Waals surface area contributed by atoms with Crippen molar-refractivity contribution in [1.82, 2.24) is 20.5 Å². The molecule has 3 aromatic rings. The van der Waals surface area contributed by atoms with E-state index in [0.29, 0.717) is 59.3 Å². The van der Waals surface area contributed by atoms with Crippen molar-refractivity contribution < 1.29 is 29.3 Å². The Hall–Kier alpha value is -5.39. The first-order chi connectivity index (χ1) is 29.5. The molecule has 61 heavy (non-hydrogen) atoms. The number of thioether (sulfide) groups is 1. The topological polar surface area (TPSA) is 142 Å². The molecule has 0 aliphatic carbocycles. The molecule has 10 nitrogen and oxygen atoms in total. The fraction of sp³-hybridized carbons (Fsp3) is 0.367. The van der Waals surface area contributed by atoms with Crippen molar-refractivity contribution >= 4 is 41.1 Å². The number of hydrogen-bond donors (Lipinski definition) is 5. The number of carbonyl (C=O) groups is 3. The van der Waals surface area contributed by atoms with Gasteiger partial charge in [-0.3, -0.25) is 19.0 Å². The van der Waals surface area contributed by atoms with E-state index >= 15 is 0 Å². The number of hydrogen-bond acceptors (Lipinski definition) is 7. The highest BCUT2D eigenvalue weighted by molar-refractivity contribution is 7.99. The minimum absolute atomic E-state index is 0.0999. The summed E-state index contributed by atoms with van der Waals surface area (Å²) in [5, 5.41) is 30.3. The number of allylic oxidation sites excluding steroid dienone is 12. The lowest BCUT2D eigenvalue weighted by atomic mass is 10.1. The summed E-state index contributed by atoms with van der Waals surface area (Å²) in [6, 6.07) is 15.6. The van der Waals surface area contributed by atoms with Gasteiger partial charge in [-0.2, -0.15) is 0 Å². The maximum Gasteiger partial charge on any atom is 0.263 e. The molecule has 3 amide bonds. The quantitative estimate of drug-likeness (QED) is 0.0278. The van der Waals surface area contributed by atoms with Gasteiger partial charge in [0.2, 0.25) is 11.8 Å². The molecule has 0 unspecified atom stereocenters. The molecule has 5 N–H and O–H groups in total. The third kappa shape index (κ3) is 20.6. The standard InChI is InChI=1S/C49H63ClN4O6S/c1-4-5-6-7-8-9-10-11-12-13-14-15-16-17-18-19-20-21-22-23-44(55)51-34-36-54-45(56)38-43(47(54)58)61-37-35-53-48(59)49(2,3)60-42-30-24-39(25-31-42)32-33-52-46(57)40-26-28-41(50)29-27-40/h5-6,8-9,11-12,14-15,17-18,20-21,24-31,38,56,58H,4,7,10,13,16,19,22-23,32-37H2,1-3H3,(H,51,55)(H,52,57)(H,53,59). The molecular weight excluding hydrogens is 808 g/mol. The Balaban J connectivity index is 1.25. The Morgan fingerprint density at radius 3 is 1.90 bits per heavy atom. The minimum atomic E-state index is -1.15. The smallest absolute Gasteiger partial charge is 0.263 e. The van der Waals surface area contributed by atoms with Crippen molar-refractivity contribution in [3.63, 3.8) is 0 Å². The van der Waals surface area contributed by atoms with Gasteiger partial charge in [0.05, 0.1) is 4.90 Å². The van der Waals surface area contributed by atoms with Crippen molar-refractivity contribution in [2.75, 3.05) is 25.4 Å². The first-order valence-corrected chi connectivity index (χ1v) is 22.4. The molecule has 0 aliphatic rings. The normalized spacial score (nSPS) is 12.2. The van der Waals surface area contributed by atoms with Gasteiger partial charge in [-0.1, -0.05) is 104 Å². The van der Waals surface area contributed by atoms with Crippen LogP contribution >= 0.6 is 23.4 Å². The predicted octanol–water partition coefficient (Wildman–Crippen LogP) is 10.2. The molecular formula is C49H63ClN4O6S. The second-order valence-corrected chi connectivity index (χ2v) is 16.1. The summed E-state index contributed by atoms with van der Waals surface area (Å²) in [5.74, 6) is 0.185. The average molecular weight is 872 g/mol. The highest BCUT2D eigenvalue weighted by Gasteiger charge is 2.29. The summed E-state index contributed by atoms with van der Waals surface area (Å²) in [6.45, 7) is 6.72. The first kappa shape index (κ1) is 50.0. The second-order valence-electron chi connectivity index (χ2n) is 14.5. The summed E-state index contributed by atoms with van der Waals surface area (Å²) in [7, 11) is 0.